The monoisotopic (exact) mass is 219 g/mol. The maximum absolute atomic E-state index is 11.5. The van der Waals surface area contributed by atoms with Crippen molar-refractivity contribution in [2.45, 2.75) is 12.8 Å². The smallest absolute Gasteiger partial charge is 0.327 e. The van der Waals surface area contributed by atoms with Crippen molar-refractivity contribution < 1.29 is 14.3 Å². The maximum Gasteiger partial charge on any atom is 0.327 e. The summed E-state index contributed by atoms with van der Waals surface area (Å²) in [5.74, 6) is -0.810. The Balaban J connectivity index is 2.95. The molecule has 84 valence electrons. The molecule has 0 fully saturated rings. The van der Waals surface area contributed by atoms with Gasteiger partial charge in [-0.05, 0) is 24.6 Å². The highest BCUT2D eigenvalue weighted by Gasteiger charge is 2.21. The second-order valence-electron chi connectivity index (χ2n) is 3.09. The largest absolute Gasteiger partial charge is 0.497 e. The first-order valence-electron chi connectivity index (χ1n) is 4.93. The number of nitriles is 1. The zero-order valence-corrected chi connectivity index (χ0v) is 9.27. The number of carbonyl (C=O) groups is 1. The van der Waals surface area contributed by atoms with E-state index >= 15 is 0 Å². The third-order valence-corrected chi connectivity index (χ3v) is 2.08. The molecule has 0 spiro atoms. The number of rotatable bonds is 4. The molecular formula is C12H13NO3. The average molecular weight is 219 g/mol. The van der Waals surface area contributed by atoms with Crippen LogP contribution in [-0.2, 0) is 9.53 Å². The van der Waals surface area contributed by atoms with E-state index < -0.39 is 11.9 Å². The Labute approximate surface area is 94.4 Å². The van der Waals surface area contributed by atoms with Crippen LogP contribution < -0.4 is 4.74 Å². The van der Waals surface area contributed by atoms with E-state index in [0.717, 1.165) is 0 Å². The van der Waals surface area contributed by atoms with E-state index in [-0.39, 0.29) is 6.61 Å². The van der Waals surface area contributed by atoms with Gasteiger partial charge in [0, 0.05) is 0 Å². The molecule has 0 radical (unpaired) electrons. The zero-order chi connectivity index (χ0) is 12.0. The fourth-order valence-corrected chi connectivity index (χ4v) is 1.31. The highest BCUT2D eigenvalue weighted by Crippen LogP contribution is 2.21. The van der Waals surface area contributed by atoms with Gasteiger partial charge in [0.2, 0.25) is 0 Å². The summed E-state index contributed by atoms with van der Waals surface area (Å²) in [6.07, 6.45) is 0. The van der Waals surface area contributed by atoms with Crippen molar-refractivity contribution in [1.82, 2.24) is 0 Å². The first kappa shape index (κ1) is 12.1. The number of methoxy groups -OCH3 is 1. The molecule has 1 unspecified atom stereocenters. The van der Waals surface area contributed by atoms with Gasteiger partial charge in [0.15, 0.2) is 5.92 Å². The number of hydrogen-bond acceptors (Lipinski definition) is 4. The fourth-order valence-electron chi connectivity index (χ4n) is 1.31. The first-order chi connectivity index (χ1) is 7.72. The summed E-state index contributed by atoms with van der Waals surface area (Å²) in [4.78, 5) is 11.5. The van der Waals surface area contributed by atoms with E-state index in [1.807, 2.05) is 6.07 Å². The minimum Gasteiger partial charge on any atom is -0.497 e. The molecule has 0 amide bonds. The van der Waals surface area contributed by atoms with Crippen molar-refractivity contribution in [2.24, 2.45) is 0 Å². The molecule has 0 aromatic heterocycles. The van der Waals surface area contributed by atoms with Gasteiger partial charge < -0.3 is 9.47 Å². The third kappa shape index (κ3) is 2.74. The van der Waals surface area contributed by atoms with Crippen LogP contribution in [0.15, 0.2) is 24.3 Å². The van der Waals surface area contributed by atoms with E-state index in [9.17, 15) is 4.79 Å². The van der Waals surface area contributed by atoms with Crippen LogP contribution in [0.2, 0.25) is 0 Å². The Morgan fingerprint density at radius 2 is 2.31 bits per heavy atom. The van der Waals surface area contributed by atoms with Gasteiger partial charge in [0.25, 0.3) is 0 Å². The minimum atomic E-state index is -0.893. The predicted octanol–water partition coefficient (Wildman–Crippen LogP) is 1.87. The lowest BCUT2D eigenvalue weighted by atomic mass is 10.0. The van der Waals surface area contributed by atoms with Gasteiger partial charge >= 0.3 is 5.97 Å². The second-order valence-corrected chi connectivity index (χ2v) is 3.09. The van der Waals surface area contributed by atoms with Crippen LogP contribution in [0, 0.1) is 11.3 Å². The number of esters is 1. The molecule has 1 aromatic carbocycles. The van der Waals surface area contributed by atoms with Gasteiger partial charge in [-0.15, -0.1) is 0 Å². The van der Waals surface area contributed by atoms with E-state index in [2.05, 4.69) is 0 Å². The maximum atomic E-state index is 11.5. The number of benzene rings is 1. The van der Waals surface area contributed by atoms with Gasteiger partial charge in [-0.25, -0.2) is 0 Å². The first-order valence-corrected chi connectivity index (χ1v) is 4.93. The molecule has 1 rings (SSSR count). The predicted molar refractivity (Wildman–Crippen MR) is 58.0 cm³/mol. The number of carbonyl (C=O) groups excluding carboxylic acids is 1. The molecule has 0 aliphatic rings. The van der Waals surface area contributed by atoms with Gasteiger partial charge in [0.1, 0.15) is 5.75 Å². The van der Waals surface area contributed by atoms with Gasteiger partial charge in [-0.2, -0.15) is 5.26 Å². The van der Waals surface area contributed by atoms with Crippen LogP contribution in [-0.4, -0.2) is 19.7 Å². The minimum absolute atomic E-state index is 0.265. The van der Waals surface area contributed by atoms with Crippen molar-refractivity contribution in [1.29, 1.82) is 5.26 Å². The lowest BCUT2D eigenvalue weighted by Gasteiger charge is -2.09. The van der Waals surface area contributed by atoms with Crippen molar-refractivity contribution in [3.05, 3.63) is 29.8 Å². The number of nitrogens with zero attached hydrogens (tertiary/aromatic N) is 1. The fraction of sp³-hybridized carbons (Fsp3) is 0.333. The summed E-state index contributed by atoms with van der Waals surface area (Å²) < 4.78 is 9.85. The molecule has 0 bridgehead atoms. The highest BCUT2D eigenvalue weighted by atomic mass is 16.5. The topological polar surface area (TPSA) is 59.3 Å². The second kappa shape index (κ2) is 5.76. The van der Waals surface area contributed by atoms with Gasteiger partial charge in [0.05, 0.1) is 19.8 Å². The van der Waals surface area contributed by atoms with Gasteiger partial charge in [-0.1, -0.05) is 12.1 Å². The summed E-state index contributed by atoms with van der Waals surface area (Å²) in [5, 5.41) is 8.95. The summed E-state index contributed by atoms with van der Waals surface area (Å²) in [5.41, 5.74) is 0.584. The molecule has 0 heterocycles. The van der Waals surface area contributed by atoms with E-state index in [1.54, 1.807) is 31.2 Å². The molecule has 0 saturated heterocycles. The Bertz CT molecular complexity index is 409. The molecule has 1 aromatic rings. The molecule has 0 aliphatic heterocycles. The zero-order valence-electron chi connectivity index (χ0n) is 9.27. The SMILES string of the molecule is CCOC(=O)C(C#N)c1cccc(OC)c1. The molecular weight excluding hydrogens is 206 g/mol. The van der Waals surface area contributed by atoms with Crippen LogP contribution in [0.4, 0.5) is 0 Å². The molecule has 16 heavy (non-hydrogen) atoms. The van der Waals surface area contributed by atoms with E-state index in [0.29, 0.717) is 11.3 Å². The highest BCUT2D eigenvalue weighted by molar-refractivity contribution is 5.81. The molecule has 4 heteroatoms. The summed E-state index contributed by atoms with van der Waals surface area (Å²) >= 11 is 0. The van der Waals surface area contributed by atoms with Crippen molar-refractivity contribution >= 4 is 5.97 Å². The quantitative estimate of drug-likeness (QED) is 0.725. The third-order valence-electron chi connectivity index (χ3n) is 2.08. The summed E-state index contributed by atoms with van der Waals surface area (Å²) in [6, 6.07) is 8.77. The summed E-state index contributed by atoms with van der Waals surface area (Å²) in [6.45, 7) is 1.97. The van der Waals surface area contributed by atoms with Crippen LogP contribution in [0.25, 0.3) is 0 Å². The Morgan fingerprint density at radius 1 is 1.56 bits per heavy atom. The standard InChI is InChI=1S/C12H13NO3/c1-3-16-12(14)11(8-13)9-5-4-6-10(7-9)15-2/h4-7,11H,3H2,1-2H3. The van der Waals surface area contributed by atoms with Crippen molar-refractivity contribution in [3.8, 4) is 11.8 Å². The normalized spacial score (nSPS) is 11.3. The van der Waals surface area contributed by atoms with E-state index in [1.165, 1.54) is 7.11 Å². The van der Waals surface area contributed by atoms with Crippen molar-refractivity contribution in [2.75, 3.05) is 13.7 Å². The Kier molecular flexibility index (Phi) is 4.34. The Morgan fingerprint density at radius 3 is 2.88 bits per heavy atom. The van der Waals surface area contributed by atoms with Crippen molar-refractivity contribution in [3.63, 3.8) is 0 Å². The summed E-state index contributed by atoms with van der Waals surface area (Å²) in [7, 11) is 1.53. The van der Waals surface area contributed by atoms with E-state index in [4.69, 9.17) is 14.7 Å². The Hall–Kier alpha value is -2.02. The van der Waals surface area contributed by atoms with Crippen LogP contribution >= 0.6 is 0 Å². The van der Waals surface area contributed by atoms with Gasteiger partial charge in [-0.3, -0.25) is 4.79 Å². The lowest BCUT2D eigenvalue weighted by molar-refractivity contribution is -0.143. The molecule has 0 saturated carbocycles. The van der Waals surface area contributed by atoms with Crippen LogP contribution in [0.5, 0.6) is 5.75 Å². The number of hydrogen-bond donors (Lipinski definition) is 0. The van der Waals surface area contributed by atoms with Crippen LogP contribution in [0.3, 0.4) is 0 Å². The van der Waals surface area contributed by atoms with Crippen LogP contribution in [0.1, 0.15) is 18.4 Å². The lowest BCUT2D eigenvalue weighted by Crippen LogP contribution is -2.14. The molecule has 0 aliphatic carbocycles. The molecule has 4 nitrogen and oxygen atoms in total. The number of ether oxygens (including phenoxy) is 2. The average Bonchev–Trinajstić information content (AvgIpc) is 2.31. The molecule has 1 atom stereocenters. The molecule has 0 N–H and O–H groups in total.